The van der Waals surface area contributed by atoms with Crippen LogP contribution in [0.4, 0.5) is 0 Å². The number of aliphatic hydroxyl groups is 1. The second-order valence-corrected chi connectivity index (χ2v) is 11.1. The smallest absolute Gasteiger partial charge is 0.323 e. The molecule has 242 valence electrons. The molecule has 12 nitrogen and oxygen atoms in total. The minimum atomic E-state index is -1.46. The second-order valence-electron chi connectivity index (χ2n) is 9.85. The Balaban J connectivity index is 5.29. The van der Waals surface area contributed by atoms with Gasteiger partial charge in [0.15, 0.2) is 0 Å². The number of hydrogen-bond acceptors (Lipinski definition) is 9. The van der Waals surface area contributed by atoms with Crippen LogP contribution in [0.5, 0.6) is 0 Å². The number of carbonyl (C=O) groups is 5. The van der Waals surface area contributed by atoms with Crippen LogP contribution in [0, 0.1) is 0 Å². The number of carboxylic acids is 3. The number of nitrogens with two attached hydrogens (primary N) is 2. The molecule has 4 atom stereocenters. The SMILES string of the molecule is CCCCC/C=C/C/C=C/C=C/C=C/C(SC[C@H](N)C(=O)N(CC(=O)O)C(=O)CC[C@H](N)C(=O)O)[C@@H](O)CCCC(=O)O. The Bertz CT molecular complexity index is 997. The summed E-state index contributed by atoms with van der Waals surface area (Å²) in [5, 5.41) is 37.1. The maximum Gasteiger partial charge on any atom is 0.323 e. The summed E-state index contributed by atoms with van der Waals surface area (Å²) < 4.78 is 0. The Kier molecular flexibility index (Phi) is 22.4. The number of unbranched alkanes of at least 4 members (excludes halogenated alkanes) is 3. The minimum Gasteiger partial charge on any atom is -0.481 e. The number of imide groups is 1. The van der Waals surface area contributed by atoms with Crippen molar-refractivity contribution in [1.29, 1.82) is 0 Å². The van der Waals surface area contributed by atoms with Crippen LogP contribution in [0.25, 0.3) is 0 Å². The van der Waals surface area contributed by atoms with Gasteiger partial charge in [0, 0.05) is 23.8 Å². The van der Waals surface area contributed by atoms with E-state index in [4.69, 9.17) is 21.7 Å². The summed E-state index contributed by atoms with van der Waals surface area (Å²) >= 11 is 1.10. The van der Waals surface area contributed by atoms with E-state index in [1.807, 2.05) is 18.2 Å². The molecule has 0 aliphatic rings. The second kappa shape index (κ2) is 24.2. The highest BCUT2D eigenvalue weighted by molar-refractivity contribution is 8.00. The number of rotatable bonds is 24. The predicted octanol–water partition coefficient (Wildman–Crippen LogP) is 2.86. The summed E-state index contributed by atoms with van der Waals surface area (Å²) in [7, 11) is 0. The van der Waals surface area contributed by atoms with Gasteiger partial charge in [0.25, 0.3) is 0 Å². The molecule has 0 rings (SSSR count). The monoisotopic (exact) mass is 625 g/mol. The van der Waals surface area contributed by atoms with Crippen molar-refractivity contribution >= 4 is 41.5 Å². The van der Waals surface area contributed by atoms with Crippen LogP contribution in [0.15, 0.2) is 48.6 Å². The topological polar surface area (TPSA) is 222 Å². The summed E-state index contributed by atoms with van der Waals surface area (Å²) in [6.07, 6.45) is 19.2. The number of carboxylic acid groups (broad SMARTS) is 3. The molecular formula is C30H47N3O9S. The number of thioether (sulfide) groups is 1. The highest BCUT2D eigenvalue weighted by Crippen LogP contribution is 2.22. The van der Waals surface area contributed by atoms with E-state index >= 15 is 0 Å². The van der Waals surface area contributed by atoms with Crippen LogP contribution in [0.3, 0.4) is 0 Å². The molecule has 0 spiro atoms. The highest BCUT2D eigenvalue weighted by atomic mass is 32.2. The zero-order valence-corrected chi connectivity index (χ0v) is 25.6. The molecule has 2 amide bonds. The summed E-state index contributed by atoms with van der Waals surface area (Å²) in [5.74, 6) is -5.75. The van der Waals surface area contributed by atoms with Gasteiger partial charge in [0.1, 0.15) is 12.6 Å². The maximum atomic E-state index is 12.9. The fourth-order valence-electron chi connectivity index (χ4n) is 3.63. The normalized spacial score (nSPS) is 14.8. The molecule has 1 unspecified atom stereocenters. The van der Waals surface area contributed by atoms with Gasteiger partial charge in [-0.3, -0.25) is 28.9 Å². The Morgan fingerprint density at radius 2 is 1.51 bits per heavy atom. The average Bonchev–Trinajstić information content (AvgIpc) is 2.95. The summed E-state index contributed by atoms with van der Waals surface area (Å²) in [6.45, 7) is 1.21. The van der Waals surface area contributed by atoms with E-state index in [-0.39, 0.29) is 31.4 Å². The molecular weight excluding hydrogens is 578 g/mol. The largest absolute Gasteiger partial charge is 0.481 e. The van der Waals surface area contributed by atoms with E-state index in [9.17, 15) is 34.2 Å². The number of nitrogens with zero attached hydrogens (tertiary/aromatic N) is 1. The van der Waals surface area contributed by atoms with E-state index in [1.54, 1.807) is 18.2 Å². The van der Waals surface area contributed by atoms with Gasteiger partial charge in [0.2, 0.25) is 11.8 Å². The number of aliphatic carboxylic acids is 3. The van der Waals surface area contributed by atoms with Crippen LogP contribution in [-0.2, 0) is 24.0 Å². The van der Waals surface area contributed by atoms with E-state index in [0.29, 0.717) is 4.90 Å². The third-order valence-electron chi connectivity index (χ3n) is 6.09. The summed E-state index contributed by atoms with van der Waals surface area (Å²) in [6, 6.07) is -2.66. The Hall–Kier alpha value is -3.26. The first-order chi connectivity index (χ1) is 20.4. The van der Waals surface area contributed by atoms with Gasteiger partial charge in [0.05, 0.1) is 12.1 Å². The predicted molar refractivity (Wildman–Crippen MR) is 166 cm³/mol. The third-order valence-corrected chi connectivity index (χ3v) is 7.49. The van der Waals surface area contributed by atoms with Crippen LogP contribution >= 0.6 is 11.8 Å². The molecule has 13 heteroatoms. The lowest BCUT2D eigenvalue weighted by atomic mass is 10.1. The van der Waals surface area contributed by atoms with Gasteiger partial charge < -0.3 is 31.9 Å². The molecule has 0 aliphatic carbocycles. The number of allylic oxidation sites excluding steroid dienone is 7. The lowest BCUT2D eigenvalue weighted by Crippen LogP contribution is -2.50. The molecule has 0 bridgehead atoms. The molecule has 8 N–H and O–H groups in total. The van der Waals surface area contributed by atoms with Crippen molar-refractivity contribution in [3.63, 3.8) is 0 Å². The molecule has 0 aromatic rings. The van der Waals surface area contributed by atoms with Crippen LogP contribution in [0.1, 0.15) is 71.1 Å². The van der Waals surface area contributed by atoms with Gasteiger partial charge in [-0.25, -0.2) is 0 Å². The zero-order valence-electron chi connectivity index (χ0n) is 24.8. The minimum absolute atomic E-state index is 0.0872. The molecule has 0 aliphatic heterocycles. The molecule has 0 aromatic carbocycles. The number of carbonyl (C=O) groups excluding carboxylic acids is 2. The van der Waals surface area contributed by atoms with Crippen molar-refractivity contribution in [1.82, 2.24) is 4.90 Å². The van der Waals surface area contributed by atoms with Gasteiger partial charge in [-0.15, -0.1) is 11.8 Å². The van der Waals surface area contributed by atoms with Crippen molar-refractivity contribution < 1.29 is 44.4 Å². The molecule has 0 aromatic heterocycles. The van der Waals surface area contributed by atoms with Gasteiger partial charge in [-0.2, -0.15) is 0 Å². The molecule has 0 heterocycles. The first-order valence-electron chi connectivity index (χ1n) is 14.4. The summed E-state index contributed by atoms with van der Waals surface area (Å²) in [4.78, 5) is 58.9. The molecule has 0 radical (unpaired) electrons. The lowest BCUT2D eigenvalue weighted by molar-refractivity contribution is -0.153. The van der Waals surface area contributed by atoms with E-state index < -0.39 is 66.1 Å². The van der Waals surface area contributed by atoms with Crippen LogP contribution in [-0.4, -0.2) is 90.8 Å². The van der Waals surface area contributed by atoms with Gasteiger partial charge >= 0.3 is 17.9 Å². The van der Waals surface area contributed by atoms with Gasteiger partial charge in [-0.05, 0) is 38.5 Å². The van der Waals surface area contributed by atoms with Crippen molar-refractivity contribution in [2.75, 3.05) is 12.3 Å². The standard InChI is InChI=1S/C30H47N3O9S/c1-2-3-4-5-6-7-8-9-10-11-12-13-16-25(24(34)15-14-17-27(36)37)43-21-23(32)29(40)33(20-28(38)39)26(35)19-18-22(31)30(41)42/h6-7,9-13,16,22-25,34H,2-5,8,14-15,17-21,31-32H2,1H3,(H,36,37)(H,38,39)(H,41,42)/b7-6+,10-9+,12-11+,16-13+/t22-,23-,24-,25?/m0/s1. The molecule has 0 saturated carbocycles. The molecule has 0 fully saturated rings. The van der Waals surface area contributed by atoms with Crippen molar-refractivity contribution in [2.24, 2.45) is 11.5 Å². The summed E-state index contributed by atoms with van der Waals surface area (Å²) in [5.41, 5.74) is 11.4. The number of aliphatic hydroxyl groups excluding tert-OH is 1. The Morgan fingerprint density at radius 1 is 0.814 bits per heavy atom. The third kappa shape index (κ3) is 20.3. The van der Waals surface area contributed by atoms with Crippen molar-refractivity contribution in [3.05, 3.63) is 48.6 Å². The number of amides is 2. The maximum absolute atomic E-state index is 12.9. The van der Waals surface area contributed by atoms with E-state index in [2.05, 4.69) is 19.1 Å². The quantitative estimate of drug-likeness (QED) is 0.0518. The fraction of sp³-hybridized carbons (Fsp3) is 0.567. The van der Waals surface area contributed by atoms with E-state index in [1.165, 1.54) is 19.3 Å². The Labute approximate surface area is 257 Å². The van der Waals surface area contributed by atoms with Crippen LogP contribution in [0.2, 0.25) is 0 Å². The first-order valence-corrected chi connectivity index (χ1v) is 15.4. The average molecular weight is 626 g/mol. The van der Waals surface area contributed by atoms with Crippen molar-refractivity contribution in [3.8, 4) is 0 Å². The highest BCUT2D eigenvalue weighted by Gasteiger charge is 2.30. The first kappa shape index (κ1) is 39.7. The fourth-order valence-corrected chi connectivity index (χ4v) is 4.77. The number of hydrogen-bond donors (Lipinski definition) is 6. The van der Waals surface area contributed by atoms with Crippen LogP contribution < -0.4 is 11.5 Å². The van der Waals surface area contributed by atoms with Crippen molar-refractivity contribution in [2.45, 2.75) is 94.6 Å². The van der Waals surface area contributed by atoms with Gasteiger partial charge in [-0.1, -0.05) is 68.4 Å². The lowest BCUT2D eigenvalue weighted by Gasteiger charge is -2.25. The molecule has 43 heavy (non-hydrogen) atoms. The zero-order chi connectivity index (χ0) is 32.6. The molecule has 0 saturated heterocycles. The van der Waals surface area contributed by atoms with E-state index in [0.717, 1.165) is 24.6 Å². The Morgan fingerprint density at radius 3 is 2.14 bits per heavy atom.